The Morgan fingerprint density at radius 2 is 1.67 bits per heavy atom. The van der Waals surface area contributed by atoms with E-state index in [0.29, 0.717) is 22.8 Å². The molecule has 2 aromatic rings. The van der Waals surface area contributed by atoms with Crippen molar-refractivity contribution in [2.24, 2.45) is 0 Å². The van der Waals surface area contributed by atoms with Gasteiger partial charge in [0.25, 0.3) is 5.91 Å². The molecule has 128 valence electrons. The third-order valence-electron chi connectivity index (χ3n) is 3.67. The minimum Gasteiger partial charge on any atom is -0.493 e. The molecule has 0 saturated heterocycles. The molecular formula is C18H20BrNO4. The van der Waals surface area contributed by atoms with Crippen molar-refractivity contribution < 1.29 is 19.0 Å². The summed E-state index contributed by atoms with van der Waals surface area (Å²) in [4.78, 5) is 12.7. The minimum atomic E-state index is -0.254. The van der Waals surface area contributed by atoms with Gasteiger partial charge in [0, 0.05) is 4.47 Å². The van der Waals surface area contributed by atoms with Crippen LogP contribution in [0.1, 0.15) is 28.9 Å². The molecule has 0 aliphatic carbocycles. The van der Waals surface area contributed by atoms with Gasteiger partial charge in [0.05, 0.1) is 32.9 Å². The number of nitrogens with one attached hydrogen (secondary N) is 1. The zero-order chi connectivity index (χ0) is 17.7. The van der Waals surface area contributed by atoms with Gasteiger partial charge < -0.3 is 19.5 Å². The number of hydrogen-bond acceptors (Lipinski definition) is 4. The Morgan fingerprint density at radius 1 is 1.00 bits per heavy atom. The molecule has 1 amide bonds. The van der Waals surface area contributed by atoms with Crippen LogP contribution in [-0.2, 0) is 0 Å². The van der Waals surface area contributed by atoms with Crippen LogP contribution in [-0.4, -0.2) is 27.2 Å². The van der Waals surface area contributed by atoms with Gasteiger partial charge in [0.2, 0.25) is 5.75 Å². The molecule has 0 saturated carbocycles. The predicted molar refractivity (Wildman–Crippen MR) is 96.1 cm³/mol. The van der Waals surface area contributed by atoms with Crippen LogP contribution in [0.3, 0.4) is 0 Å². The average molecular weight is 394 g/mol. The topological polar surface area (TPSA) is 56.8 Å². The maximum atomic E-state index is 12.7. The molecule has 1 atom stereocenters. The van der Waals surface area contributed by atoms with E-state index in [-0.39, 0.29) is 11.9 Å². The molecule has 0 aromatic heterocycles. The number of carbonyl (C=O) groups excluding carboxylic acids is 1. The van der Waals surface area contributed by atoms with Crippen molar-refractivity contribution in [3.05, 3.63) is 52.0 Å². The predicted octanol–water partition coefficient (Wildman–Crippen LogP) is 3.97. The molecule has 1 N–H and O–H groups in total. The molecule has 0 aliphatic rings. The van der Waals surface area contributed by atoms with Crippen LogP contribution < -0.4 is 19.5 Å². The highest BCUT2D eigenvalue weighted by Crippen LogP contribution is 2.39. The number of benzene rings is 2. The van der Waals surface area contributed by atoms with Gasteiger partial charge in [-0.25, -0.2) is 0 Å². The van der Waals surface area contributed by atoms with Crippen LogP contribution in [0.2, 0.25) is 0 Å². The zero-order valence-corrected chi connectivity index (χ0v) is 15.6. The first-order chi connectivity index (χ1) is 11.5. The molecule has 5 nitrogen and oxygen atoms in total. The Morgan fingerprint density at radius 3 is 2.25 bits per heavy atom. The number of methoxy groups -OCH3 is 3. The molecule has 1 unspecified atom stereocenters. The summed E-state index contributed by atoms with van der Waals surface area (Å²) in [6, 6.07) is 10.9. The van der Waals surface area contributed by atoms with Gasteiger partial charge in [-0.05, 0) is 30.7 Å². The van der Waals surface area contributed by atoms with Gasteiger partial charge in [-0.2, -0.15) is 0 Å². The van der Waals surface area contributed by atoms with E-state index >= 15 is 0 Å². The quantitative estimate of drug-likeness (QED) is 0.806. The fraction of sp³-hybridized carbons (Fsp3) is 0.278. The number of halogens is 1. The van der Waals surface area contributed by atoms with E-state index in [9.17, 15) is 4.79 Å². The summed E-state index contributed by atoms with van der Waals surface area (Å²) in [6.07, 6.45) is 0. The number of amides is 1. The van der Waals surface area contributed by atoms with Crippen molar-refractivity contribution in [2.45, 2.75) is 13.0 Å². The molecule has 0 aliphatic heterocycles. The summed E-state index contributed by atoms with van der Waals surface area (Å²) in [5, 5.41) is 2.97. The van der Waals surface area contributed by atoms with Gasteiger partial charge in [0.15, 0.2) is 11.5 Å². The smallest absolute Gasteiger partial charge is 0.255 e. The van der Waals surface area contributed by atoms with Crippen LogP contribution in [0.5, 0.6) is 17.2 Å². The molecule has 0 radical (unpaired) electrons. The molecule has 0 heterocycles. The second-order valence-corrected chi connectivity index (χ2v) is 5.95. The lowest BCUT2D eigenvalue weighted by Crippen LogP contribution is -2.27. The monoisotopic (exact) mass is 393 g/mol. The summed E-state index contributed by atoms with van der Waals surface area (Å²) in [7, 11) is 4.53. The molecule has 0 spiro atoms. The number of hydrogen-bond donors (Lipinski definition) is 1. The SMILES string of the molecule is COc1ccc(C(=O)NC(C)c2ccccc2Br)c(OC)c1OC. The normalized spacial score (nSPS) is 11.5. The molecule has 2 aromatic carbocycles. The lowest BCUT2D eigenvalue weighted by atomic mass is 10.1. The number of carbonyl (C=O) groups is 1. The lowest BCUT2D eigenvalue weighted by Gasteiger charge is -2.19. The van der Waals surface area contributed by atoms with Crippen LogP contribution in [0.4, 0.5) is 0 Å². The number of rotatable bonds is 6. The maximum Gasteiger partial charge on any atom is 0.255 e. The molecule has 0 fully saturated rings. The maximum absolute atomic E-state index is 12.7. The van der Waals surface area contributed by atoms with E-state index in [0.717, 1.165) is 10.0 Å². The summed E-state index contributed by atoms with van der Waals surface area (Å²) in [5.41, 5.74) is 1.37. The fourth-order valence-electron chi connectivity index (χ4n) is 2.46. The van der Waals surface area contributed by atoms with Crippen molar-refractivity contribution in [1.29, 1.82) is 0 Å². The summed E-state index contributed by atoms with van der Waals surface area (Å²) < 4.78 is 16.9. The van der Waals surface area contributed by atoms with Crippen LogP contribution in [0.15, 0.2) is 40.9 Å². The zero-order valence-electron chi connectivity index (χ0n) is 14.1. The second kappa shape index (κ2) is 8.06. The van der Waals surface area contributed by atoms with Gasteiger partial charge >= 0.3 is 0 Å². The fourth-order valence-corrected chi connectivity index (χ4v) is 3.09. The average Bonchev–Trinajstić information content (AvgIpc) is 2.60. The highest BCUT2D eigenvalue weighted by atomic mass is 79.9. The first kappa shape index (κ1) is 18.1. The van der Waals surface area contributed by atoms with E-state index in [1.165, 1.54) is 21.3 Å². The molecule has 24 heavy (non-hydrogen) atoms. The highest BCUT2D eigenvalue weighted by Gasteiger charge is 2.22. The van der Waals surface area contributed by atoms with E-state index in [1.807, 2.05) is 31.2 Å². The van der Waals surface area contributed by atoms with E-state index < -0.39 is 0 Å². The molecule has 6 heteroatoms. The highest BCUT2D eigenvalue weighted by molar-refractivity contribution is 9.10. The Balaban J connectivity index is 2.31. The van der Waals surface area contributed by atoms with E-state index in [4.69, 9.17) is 14.2 Å². The standard InChI is InChI=1S/C18H20BrNO4/c1-11(12-7-5-6-8-14(12)19)20-18(21)13-9-10-15(22-2)17(24-4)16(13)23-3/h5-11H,1-4H3,(H,20,21). The third-order valence-corrected chi connectivity index (χ3v) is 4.39. The lowest BCUT2D eigenvalue weighted by molar-refractivity contribution is 0.0936. The van der Waals surface area contributed by atoms with Crippen LogP contribution in [0.25, 0.3) is 0 Å². The van der Waals surface area contributed by atoms with Crippen LogP contribution >= 0.6 is 15.9 Å². The first-order valence-electron chi connectivity index (χ1n) is 7.37. The van der Waals surface area contributed by atoms with Gasteiger partial charge in [-0.1, -0.05) is 34.1 Å². The Labute approximate surface area is 150 Å². The molecule has 0 bridgehead atoms. The van der Waals surface area contributed by atoms with Gasteiger partial charge in [0.1, 0.15) is 0 Å². The van der Waals surface area contributed by atoms with E-state index in [1.54, 1.807) is 12.1 Å². The third kappa shape index (κ3) is 3.64. The summed E-state index contributed by atoms with van der Waals surface area (Å²) in [6.45, 7) is 1.92. The van der Waals surface area contributed by atoms with Crippen molar-refractivity contribution in [1.82, 2.24) is 5.32 Å². The Kier molecular flexibility index (Phi) is 6.09. The van der Waals surface area contributed by atoms with Crippen molar-refractivity contribution in [2.75, 3.05) is 21.3 Å². The van der Waals surface area contributed by atoms with Crippen molar-refractivity contribution in [3.8, 4) is 17.2 Å². The van der Waals surface area contributed by atoms with E-state index in [2.05, 4.69) is 21.2 Å². The first-order valence-corrected chi connectivity index (χ1v) is 8.17. The minimum absolute atomic E-state index is 0.175. The number of ether oxygens (including phenoxy) is 3. The molecular weight excluding hydrogens is 374 g/mol. The van der Waals surface area contributed by atoms with Crippen molar-refractivity contribution in [3.63, 3.8) is 0 Å². The molecule has 2 rings (SSSR count). The second-order valence-electron chi connectivity index (χ2n) is 5.10. The summed E-state index contributed by atoms with van der Waals surface area (Å²) >= 11 is 3.50. The summed E-state index contributed by atoms with van der Waals surface area (Å²) in [5.74, 6) is 0.982. The van der Waals surface area contributed by atoms with Gasteiger partial charge in [-0.3, -0.25) is 4.79 Å². The van der Waals surface area contributed by atoms with Crippen molar-refractivity contribution >= 4 is 21.8 Å². The Bertz CT molecular complexity index is 733. The largest absolute Gasteiger partial charge is 0.493 e. The van der Waals surface area contributed by atoms with Gasteiger partial charge in [-0.15, -0.1) is 0 Å². The van der Waals surface area contributed by atoms with Crippen LogP contribution in [0, 0.1) is 0 Å². The Hall–Kier alpha value is -2.21.